The van der Waals surface area contributed by atoms with Gasteiger partial charge >= 0.3 is 6.01 Å². The maximum Gasteiger partial charge on any atom is 0.352 e. The van der Waals surface area contributed by atoms with Crippen molar-refractivity contribution in [2.75, 3.05) is 6.61 Å². The van der Waals surface area contributed by atoms with Crippen molar-refractivity contribution in [3.05, 3.63) is 42.1 Å². The second-order valence-corrected chi connectivity index (χ2v) is 4.24. The van der Waals surface area contributed by atoms with Gasteiger partial charge in [0.25, 0.3) is 0 Å². The Morgan fingerprint density at radius 1 is 1.25 bits per heavy atom. The van der Waals surface area contributed by atoms with Crippen molar-refractivity contribution in [1.82, 2.24) is 19.9 Å². The molecule has 0 aliphatic carbocycles. The molecule has 1 aromatic carbocycles. The van der Waals surface area contributed by atoms with Gasteiger partial charge in [0.2, 0.25) is 11.7 Å². The Morgan fingerprint density at radius 2 is 2.05 bits per heavy atom. The lowest BCUT2D eigenvalue weighted by molar-refractivity contribution is 0.302. The normalized spacial score (nSPS) is 10.7. The Labute approximate surface area is 116 Å². The molecule has 2 heterocycles. The molecule has 0 atom stereocenters. The molecule has 0 saturated heterocycles. The Kier molecular flexibility index (Phi) is 3.20. The third kappa shape index (κ3) is 2.27. The third-order valence-electron chi connectivity index (χ3n) is 2.72. The Bertz CT molecular complexity index is 703. The minimum Gasteiger partial charge on any atom is -0.478 e. The quantitative estimate of drug-likeness (QED) is 0.729. The summed E-state index contributed by atoms with van der Waals surface area (Å²) in [6.45, 7) is 4.34. The van der Waals surface area contributed by atoms with E-state index in [-0.39, 0.29) is 0 Å². The number of aryl methyl sites for hydroxylation is 1. The van der Waals surface area contributed by atoms with Crippen LogP contribution in [0.5, 0.6) is 5.88 Å². The molecule has 0 aliphatic heterocycles. The van der Waals surface area contributed by atoms with E-state index in [9.17, 15) is 0 Å². The third-order valence-corrected chi connectivity index (χ3v) is 2.72. The fourth-order valence-electron chi connectivity index (χ4n) is 1.87. The van der Waals surface area contributed by atoms with Gasteiger partial charge in [0.15, 0.2) is 0 Å². The lowest BCUT2D eigenvalue weighted by atomic mass is 10.2. The topological polar surface area (TPSA) is 66.0 Å². The summed E-state index contributed by atoms with van der Waals surface area (Å²) in [5, 5.41) is 8.27. The summed E-state index contributed by atoms with van der Waals surface area (Å²) in [6.07, 6.45) is 0. The maximum absolute atomic E-state index is 5.50. The summed E-state index contributed by atoms with van der Waals surface area (Å²) in [5.41, 5.74) is 1.72. The second kappa shape index (κ2) is 5.16. The summed E-state index contributed by atoms with van der Waals surface area (Å²) in [6, 6.07) is 11.8. The molecule has 20 heavy (non-hydrogen) atoms. The Morgan fingerprint density at radius 3 is 2.80 bits per heavy atom. The molecule has 6 heteroatoms. The van der Waals surface area contributed by atoms with E-state index in [0.717, 1.165) is 11.3 Å². The second-order valence-electron chi connectivity index (χ2n) is 4.24. The van der Waals surface area contributed by atoms with E-state index in [1.54, 1.807) is 0 Å². The minimum absolute atomic E-state index is 0.292. The zero-order chi connectivity index (χ0) is 13.9. The summed E-state index contributed by atoms with van der Waals surface area (Å²) >= 11 is 0. The number of hydrogen-bond acceptors (Lipinski definition) is 5. The van der Waals surface area contributed by atoms with Crippen LogP contribution in [0.4, 0.5) is 0 Å². The molecular formula is C14H14N4O2. The van der Waals surface area contributed by atoms with Crippen molar-refractivity contribution in [1.29, 1.82) is 0 Å². The number of ether oxygens (including phenoxy) is 1. The molecule has 0 fully saturated rings. The number of hydrogen-bond donors (Lipinski definition) is 0. The molecule has 102 valence electrons. The largest absolute Gasteiger partial charge is 0.478 e. The molecule has 2 aromatic heterocycles. The van der Waals surface area contributed by atoms with Gasteiger partial charge in [-0.1, -0.05) is 35.5 Å². The lowest BCUT2D eigenvalue weighted by Crippen LogP contribution is -2.02. The van der Waals surface area contributed by atoms with E-state index < -0.39 is 0 Å². The van der Waals surface area contributed by atoms with Crippen LogP contribution >= 0.6 is 0 Å². The summed E-state index contributed by atoms with van der Waals surface area (Å²) in [4.78, 5) is 4.35. The molecule has 0 aliphatic rings. The highest BCUT2D eigenvalue weighted by atomic mass is 16.5. The first-order chi connectivity index (χ1) is 9.78. The predicted molar refractivity (Wildman–Crippen MR) is 72.8 cm³/mol. The molecule has 3 rings (SSSR count). The molecule has 0 amide bonds. The number of rotatable bonds is 4. The van der Waals surface area contributed by atoms with Gasteiger partial charge in [-0.3, -0.25) is 0 Å². The lowest BCUT2D eigenvalue weighted by Gasteiger charge is -2.01. The fraction of sp³-hybridized carbons (Fsp3) is 0.214. The van der Waals surface area contributed by atoms with Crippen LogP contribution < -0.4 is 4.74 Å². The van der Waals surface area contributed by atoms with Gasteiger partial charge in [-0.2, -0.15) is 10.1 Å². The van der Waals surface area contributed by atoms with Crippen molar-refractivity contribution in [2.24, 2.45) is 0 Å². The first kappa shape index (κ1) is 12.4. The summed E-state index contributed by atoms with van der Waals surface area (Å²) in [7, 11) is 0. The van der Waals surface area contributed by atoms with Crippen LogP contribution in [-0.2, 0) is 0 Å². The van der Waals surface area contributed by atoms with Crippen LogP contribution in [0.3, 0.4) is 0 Å². The monoisotopic (exact) mass is 270 g/mol. The average molecular weight is 270 g/mol. The van der Waals surface area contributed by atoms with Crippen molar-refractivity contribution in [2.45, 2.75) is 13.8 Å². The predicted octanol–water partition coefficient (Wildman–Crippen LogP) is 2.63. The van der Waals surface area contributed by atoms with Crippen molar-refractivity contribution in [3.8, 4) is 23.3 Å². The van der Waals surface area contributed by atoms with Gasteiger partial charge in [-0.05, 0) is 13.8 Å². The smallest absolute Gasteiger partial charge is 0.352 e. The highest BCUT2D eigenvalue weighted by Crippen LogP contribution is 2.21. The first-order valence-electron chi connectivity index (χ1n) is 6.37. The number of nitrogens with zero attached hydrogens (tertiary/aromatic N) is 4. The highest BCUT2D eigenvalue weighted by molar-refractivity contribution is 5.54. The van der Waals surface area contributed by atoms with E-state index in [2.05, 4.69) is 15.2 Å². The van der Waals surface area contributed by atoms with Crippen molar-refractivity contribution in [3.63, 3.8) is 0 Å². The Hall–Kier alpha value is -2.63. The van der Waals surface area contributed by atoms with Crippen molar-refractivity contribution >= 4 is 0 Å². The minimum atomic E-state index is 0.292. The van der Waals surface area contributed by atoms with E-state index in [4.69, 9.17) is 9.26 Å². The van der Waals surface area contributed by atoms with E-state index in [0.29, 0.717) is 24.3 Å². The van der Waals surface area contributed by atoms with E-state index in [1.807, 2.05) is 50.2 Å². The number of aromatic nitrogens is 4. The highest BCUT2D eigenvalue weighted by Gasteiger charge is 2.15. The SMILES string of the molecule is CCOc1cc(C)nn1-c1nc(-c2ccccc2)no1. The number of benzene rings is 1. The average Bonchev–Trinajstić information content (AvgIpc) is 3.07. The van der Waals surface area contributed by atoms with Gasteiger partial charge in [0.1, 0.15) is 0 Å². The molecule has 0 unspecified atom stereocenters. The molecule has 0 N–H and O–H groups in total. The fourth-order valence-corrected chi connectivity index (χ4v) is 1.87. The van der Waals surface area contributed by atoms with Gasteiger partial charge in [-0.15, -0.1) is 4.68 Å². The standard InChI is InChI=1S/C14H14N4O2/c1-3-19-12-9-10(2)16-18(12)14-15-13(17-20-14)11-7-5-4-6-8-11/h4-9H,3H2,1-2H3. The zero-order valence-corrected chi connectivity index (χ0v) is 11.3. The van der Waals surface area contributed by atoms with Gasteiger partial charge in [0, 0.05) is 11.6 Å². The van der Waals surface area contributed by atoms with Crippen LogP contribution in [0.1, 0.15) is 12.6 Å². The van der Waals surface area contributed by atoms with Crippen LogP contribution in [0.15, 0.2) is 40.9 Å². The van der Waals surface area contributed by atoms with Gasteiger partial charge < -0.3 is 9.26 Å². The van der Waals surface area contributed by atoms with E-state index >= 15 is 0 Å². The van der Waals surface area contributed by atoms with E-state index in [1.165, 1.54) is 4.68 Å². The molecule has 6 nitrogen and oxygen atoms in total. The van der Waals surface area contributed by atoms with Crippen LogP contribution in [-0.4, -0.2) is 26.5 Å². The summed E-state index contributed by atoms with van der Waals surface area (Å²) < 4.78 is 12.3. The molecule has 0 radical (unpaired) electrons. The van der Waals surface area contributed by atoms with Gasteiger partial charge in [-0.25, -0.2) is 0 Å². The molecule has 0 saturated carbocycles. The van der Waals surface area contributed by atoms with Crippen LogP contribution in [0.2, 0.25) is 0 Å². The molecular weight excluding hydrogens is 256 g/mol. The Balaban J connectivity index is 1.98. The molecule has 0 bridgehead atoms. The van der Waals surface area contributed by atoms with Crippen molar-refractivity contribution < 1.29 is 9.26 Å². The molecule has 3 aromatic rings. The van der Waals surface area contributed by atoms with Crippen LogP contribution in [0.25, 0.3) is 17.4 Å². The molecule has 0 spiro atoms. The van der Waals surface area contributed by atoms with Crippen LogP contribution in [0, 0.1) is 6.92 Å². The first-order valence-corrected chi connectivity index (χ1v) is 6.37. The summed E-state index contributed by atoms with van der Waals surface area (Å²) in [5.74, 6) is 1.12. The van der Waals surface area contributed by atoms with Gasteiger partial charge in [0.05, 0.1) is 12.3 Å². The maximum atomic E-state index is 5.50. The zero-order valence-electron chi connectivity index (χ0n) is 11.3.